The summed E-state index contributed by atoms with van der Waals surface area (Å²) >= 11 is 0.801. The molecular weight excluding hydrogens is 270 g/mol. The number of aromatic nitrogens is 1. The summed E-state index contributed by atoms with van der Waals surface area (Å²) in [5, 5.41) is 17.0. The van der Waals surface area contributed by atoms with Crippen LogP contribution in [-0.2, 0) is 9.59 Å². The highest BCUT2D eigenvalue weighted by atomic mass is 32.2. The van der Waals surface area contributed by atoms with Crippen LogP contribution in [-0.4, -0.2) is 32.4 Å². The van der Waals surface area contributed by atoms with Gasteiger partial charge in [-0.15, -0.1) is 0 Å². The second kappa shape index (κ2) is 5.31. The predicted octanol–water partition coefficient (Wildman–Crippen LogP) is 2.09. The fourth-order valence-corrected chi connectivity index (χ4v) is 2.43. The van der Waals surface area contributed by atoms with Crippen molar-refractivity contribution in [3.05, 3.63) is 24.3 Å². The van der Waals surface area contributed by atoms with Crippen molar-refractivity contribution in [2.24, 2.45) is 5.92 Å². The Morgan fingerprint density at radius 3 is 2.53 bits per heavy atom. The molecule has 6 nitrogen and oxygen atoms in total. The average molecular weight is 281 g/mol. The lowest BCUT2D eigenvalue weighted by atomic mass is 10.1. The SMILES string of the molecule is CC(C(=O)O)C(Sc1nc2ccccc2o1)C(=O)O. The quantitative estimate of drug-likeness (QED) is 0.809. The number of oxazole rings is 1. The van der Waals surface area contributed by atoms with Crippen LogP contribution in [0.15, 0.2) is 33.9 Å². The van der Waals surface area contributed by atoms with Gasteiger partial charge in [-0.25, -0.2) is 4.98 Å². The molecule has 2 aromatic rings. The molecule has 7 heteroatoms. The molecule has 2 unspecified atom stereocenters. The standard InChI is InChI=1S/C12H11NO5S/c1-6(10(14)15)9(11(16)17)19-12-13-7-4-2-3-5-8(7)18-12/h2-6,9H,1H3,(H,14,15)(H,16,17). The number of carboxylic acids is 2. The lowest BCUT2D eigenvalue weighted by Gasteiger charge is -2.13. The van der Waals surface area contributed by atoms with E-state index in [4.69, 9.17) is 14.6 Å². The molecule has 0 bridgehead atoms. The largest absolute Gasteiger partial charge is 0.481 e. The van der Waals surface area contributed by atoms with E-state index in [0.29, 0.717) is 11.1 Å². The highest BCUT2D eigenvalue weighted by Gasteiger charge is 2.32. The third kappa shape index (κ3) is 2.87. The van der Waals surface area contributed by atoms with Crippen LogP contribution in [0.5, 0.6) is 0 Å². The number of benzene rings is 1. The maximum absolute atomic E-state index is 11.1. The molecule has 19 heavy (non-hydrogen) atoms. The number of thioether (sulfide) groups is 1. The van der Waals surface area contributed by atoms with Crippen molar-refractivity contribution in [1.82, 2.24) is 4.98 Å². The molecule has 0 amide bonds. The molecule has 1 heterocycles. The molecule has 2 N–H and O–H groups in total. The number of rotatable bonds is 5. The van der Waals surface area contributed by atoms with Gasteiger partial charge in [0.1, 0.15) is 10.8 Å². The predicted molar refractivity (Wildman–Crippen MR) is 68.1 cm³/mol. The Morgan fingerprint density at radius 1 is 1.26 bits per heavy atom. The fraction of sp³-hybridized carbons (Fsp3) is 0.250. The van der Waals surface area contributed by atoms with Gasteiger partial charge in [-0.05, 0) is 12.1 Å². The molecule has 2 atom stereocenters. The van der Waals surface area contributed by atoms with E-state index in [9.17, 15) is 9.59 Å². The highest BCUT2D eigenvalue weighted by Crippen LogP contribution is 2.30. The second-order valence-electron chi connectivity index (χ2n) is 3.95. The van der Waals surface area contributed by atoms with E-state index >= 15 is 0 Å². The topological polar surface area (TPSA) is 101 Å². The Kier molecular flexibility index (Phi) is 3.75. The number of hydrogen-bond donors (Lipinski definition) is 2. The van der Waals surface area contributed by atoms with E-state index in [1.165, 1.54) is 6.92 Å². The zero-order valence-corrected chi connectivity index (χ0v) is 10.8. The van der Waals surface area contributed by atoms with Crippen molar-refractivity contribution in [2.45, 2.75) is 17.4 Å². The molecule has 0 aliphatic rings. The number of para-hydroxylation sites is 2. The average Bonchev–Trinajstić information content (AvgIpc) is 2.77. The summed E-state index contributed by atoms with van der Waals surface area (Å²) in [5.41, 5.74) is 1.15. The smallest absolute Gasteiger partial charge is 0.318 e. The summed E-state index contributed by atoms with van der Waals surface area (Å²) < 4.78 is 5.37. The van der Waals surface area contributed by atoms with Crippen LogP contribution < -0.4 is 0 Å². The van der Waals surface area contributed by atoms with E-state index in [0.717, 1.165) is 11.8 Å². The van der Waals surface area contributed by atoms with Gasteiger partial charge >= 0.3 is 11.9 Å². The first kappa shape index (κ1) is 13.4. The van der Waals surface area contributed by atoms with Gasteiger partial charge < -0.3 is 14.6 Å². The Balaban J connectivity index is 2.26. The number of aliphatic carboxylic acids is 2. The van der Waals surface area contributed by atoms with Crippen molar-refractivity contribution in [3.8, 4) is 0 Å². The van der Waals surface area contributed by atoms with Gasteiger partial charge in [0.15, 0.2) is 5.58 Å². The minimum atomic E-state index is -1.21. The third-order valence-electron chi connectivity index (χ3n) is 2.59. The maximum Gasteiger partial charge on any atom is 0.318 e. The van der Waals surface area contributed by atoms with Crippen LogP contribution >= 0.6 is 11.8 Å². The molecule has 0 spiro atoms. The molecule has 0 radical (unpaired) electrons. The molecule has 1 aromatic carbocycles. The van der Waals surface area contributed by atoms with Crippen molar-refractivity contribution >= 4 is 34.8 Å². The molecular formula is C12H11NO5S. The van der Waals surface area contributed by atoms with Gasteiger partial charge in [-0.3, -0.25) is 9.59 Å². The van der Waals surface area contributed by atoms with E-state index in [1.807, 2.05) is 0 Å². The number of carbonyl (C=O) groups is 2. The summed E-state index contributed by atoms with van der Waals surface area (Å²) in [7, 11) is 0. The van der Waals surface area contributed by atoms with Crippen molar-refractivity contribution in [3.63, 3.8) is 0 Å². The van der Waals surface area contributed by atoms with Gasteiger partial charge in [-0.2, -0.15) is 0 Å². The van der Waals surface area contributed by atoms with Crippen LogP contribution in [0.1, 0.15) is 6.92 Å². The van der Waals surface area contributed by atoms with Crippen molar-refractivity contribution in [1.29, 1.82) is 0 Å². The summed E-state index contributed by atoms with van der Waals surface area (Å²) in [6.07, 6.45) is 0. The number of fused-ring (bicyclic) bond motifs is 1. The van der Waals surface area contributed by atoms with Crippen LogP contribution in [0, 0.1) is 5.92 Å². The first-order chi connectivity index (χ1) is 8.99. The van der Waals surface area contributed by atoms with Crippen LogP contribution in [0.2, 0.25) is 0 Å². The Labute approximate surface area is 112 Å². The van der Waals surface area contributed by atoms with Crippen LogP contribution in [0.25, 0.3) is 11.1 Å². The van der Waals surface area contributed by atoms with E-state index in [1.54, 1.807) is 24.3 Å². The molecule has 2 rings (SSSR count). The summed E-state index contributed by atoms with van der Waals surface area (Å²) in [4.78, 5) is 26.1. The Hall–Kier alpha value is -2.02. The van der Waals surface area contributed by atoms with Gasteiger partial charge in [0.2, 0.25) is 0 Å². The van der Waals surface area contributed by atoms with Crippen LogP contribution in [0.3, 0.4) is 0 Å². The minimum Gasteiger partial charge on any atom is -0.481 e. The molecule has 0 fully saturated rings. The molecule has 0 aliphatic carbocycles. The number of hydrogen-bond acceptors (Lipinski definition) is 5. The first-order valence-electron chi connectivity index (χ1n) is 5.47. The molecule has 0 saturated carbocycles. The van der Waals surface area contributed by atoms with E-state index < -0.39 is 23.1 Å². The third-order valence-corrected chi connectivity index (χ3v) is 3.83. The van der Waals surface area contributed by atoms with E-state index in [2.05, 4.69) is 4.98 Å². The summed E-state index contributed by atoms with van der Waals surface area (Å²) in [5.74, 6) is -3.42. The van der Waals surface area contributed by atoms with Crippen LogP contribution in [0.4, 0.5) is 0 Å². The highest BCUT2D eigenvalue weighted by molar-refractivity contribution is 8.00. The van der Waals surface area contributed by atoms with Gasteiger partial charge in [0.25, 0.3) is 5.22 Å². The van der Waals surface area contributed by atoms with E-state index in [-0.39, 0.29) is 5.22 Å². The lowest BCUT2D eigenvalue weighted by Crippen LogP contribution is -2.30. The second-order valence-corrected chi connectivity index (χ2v) is 5.04. The summed E-state index contributed by atoms with van der Waals surface area (Å²) in [6.45, 7) is 1.34. The molecule has 1 aromatic heterocycles. The summed E-state index contributed by atoms with van der Waals surface area (Å²) in [6, 6.07) is 7.01. The first-order valence-corrected chi connectivity index (χ1v) is 6.35. The maximum atomic E-state index is 11.1. The van der Waals surface area contributed by atoms with Gasteiger partial charge in [-0.1, -0.05) is 30.8 Å². The van der Waals surface area contributed by atoms with Gasteiger partial charge in [0.05, 0.1) is 5.92 Å². The van der Waals surface area contributed by atoms with Crippen molar-refractivity contribution < 1.29 is 24.2 Å². The Morgan fingerprint density at radius 2 is 1.95 bits per heavy atom. The number of carboxylic acid groups (broad SMARTS) is 2. The van der Waals surface area contributed by atoms with Gasteiger partial charge in [0, 0.05) is 0 Å². The Bertz CT molecular complexity index is 590. The zero-order chi connectivity index (χ0) is 14.0. The lowest BCUT2D eigenvalue weighted by molar-refractivity contribution is -0.146. The van der Waals surface area contributed by atoms with Crippen molar-refractivity contribution in [2.75, 3.05) is 0 Å². The minimum absolute atomic E-state index is 0.154. The zero-order valence-electron chi connectivity index (χ0n) is 9.94. The molecule has 100 valence electrons. The molecule has 0 saturated heterocycles. The normalized spacial score (nSPS) is 14.2. The number of nitrogens with zero attached hydrogens (tertiary/aromatic N) is 1. The monoisotopic (exact) mass is 281 g/mol. The molecule has 0 aliphatic heterocycles. The fourth-order valence-electron chi connectivity index (χ4n) is 1.51.